The Bertz CT molecular complexity index is 720. The van der Waals surface area contributed by atoms with Crippen molar-refractivity contribution in [2.24, 2.45) is 0 Å². The Balaban J connectivity index is 0.00000225. The van der Waals surface area contributed by atoms with Gasteiger partial charge in [-0.25, -0.2) is 0 Å². The maximum Gasteiger partial charge on any atom is 0.258 e. The smallest absolute Gasteiger partial charge is 0.258 e. The molecule has 1 aromatic heterocycles. The molecule has 1 aromatic carbocycles. The number of hydrogen-bond donors (Lipinski definition) is 2. The van der Waals surface area contributed by atoms with Gasteiger partial charge in [-0.05, 0) is 43.6 Å². The average molecular weight is 403 g/mol. The zero-order valence-electron chi connectivity index (χ0n) is 13.8. The number of rotatable bonds is 5. The predicted octanol–water partition coefficient (Wildman–Crippen LogP) is 2.91. The topological polar surface area (TPSA) is 76.1 Å². The predicted molar refractivity (Wildman–Crippen MR) is 102 cm³/mol. The molecule has 6 nitrogen and oxygen atoms in total. The van der Waals surface area contributed by atoms with Crippen LogP contribution in [0.5, 0.6) is 0 Å². The molecule has 0 radical (unpaired) electrons. The van der Waals surface area contributed by atoms with Crippen LogP contribution in [0.3, 0.4) is 0 Å². The summed E-state index contributed by atoms with van der Waals surface area (Å²) in [5, 5.41) is 16.3. The number of nitrogens with one attached hydrogen (secondary N) is 2. The maximum absolute atomic E-state index is 12.6. The third-order valence-corrected chi connectivity index (χ3v) is 5.22. The molecule has 1 saturated heterocycles. The highest BCUT2D eigenvalue weighted by molar-refractivity contribution is 7.15. The quantitative estimate of drug-likeness (QED) is 0.803. The minimum Gasteiger partial charge on any atom is -0.368 e. The minimum absolute atomic E-state index is 0. The molecule has 9 heteroatoms. The Hall–Kier alpha value is -1.25. The molecule has 0 atom stereocenters. The van der Waals surface area contributed by atoms with Crippen LogP contribution in [-0.2, 0) is 16.0 Å². The Labute approximate surface area is 161 Å². The molecule has 3 rings (SSSR count). The van der Waals surface area contributed by atoms with E-state index in [9.17, 15) is 4.79 Å². The van der Waals surface area contributed by atoms with Crippen LogP contribution in [0.1, 0.15) is 23.4 Å². The second-order valence-corrected chi connectivity index (χ2v) is 7.21. The van der Waals surface area contributed by atoms with Gasteiger partial charge in [0.1, 0.15) is 10.6 Å². The van der Waals surface area contributed by atoms with E-state index >= 15 is 0 Å². The average Bonchev–Trinajstić information content (AvgIpc) is 3.02. The lowest BCUT2D eigenvalue weighted by Gasteiger charge is -2.34. The fourth-order valence-corrected chi connectivity index (χ4v) is 3.74. The summed E-state index contributed by atoms with van der Waals surface area (Å²) in [7, 11) is 1.58. The maximum atomic E-state index is 12.6. The SMILES string of the molecule is COC1(C(=O)Nc2nnc(Cc3cccc(Cl)c3)s2)CCNCC1.Cl. The molecule has 25 heavy (non-hydrogen) atoms. The molecule has 0 unspecified atom stereocenters. The Morgan fingerprint density at radius 3 is 2.84 bits per heavy atom. The second kappa shape index (κ2) is 8.91. The number of anilines is 1. The number of nitrogens with zero attached hydrogens (tertiary/aromatic N) is 2. The first kappa shape index (κ1) is 20.1. The van der Waals surface area contributed by atoms with Crippen LogP contribution in [-0.4, -0.2) is 41.9 Å². The van der Waals surface area contributed by atoms with Gasteiger partial charge in [-0.2, -0.15) is 0 Å². The number of aromatic nitrogens is 2. The molecule has 2 N–H and O–H groups in total. The standard InChI is InChI=1S/C16H19ClN4O2S.ClH/c1-23-16(5-7-18-8-6-16)14(22)19-15-21-20-13(24-15)10-11-3-2-4-12(17)9-11;/h2-4,9,18H,5-8,10H2,1H3,(H,19,21,22);1H. The van der Waals surface area contributed by atoms with Crippen molar-refractivity contribution in [1.29, 1.82) is 0 Å². The molecule has 1 aliphatic heterocycles. The van der Waals surface area contributed by atoms with Gasteiger partial charge < -0.3 is 10.1 Å². The summed E-state index contributed by atoms with van der Waals surface area (Å²) in [5.74, 6) is -0.156. The molecule has 136 valence electrons. The molecule has 0 bridgehead atoms. The highest BCUT2D eigenvalue weighted by Gasteiger charge is 2.40. The van der Waals surface area contributed by atoms with E-state index in [-0.39, 0.29) is 18.3 Å². The number of hydrogen-bond acceptors (Lipinski definition) is 6. The Kier molecular flexibility index (Phi) is 7.15. The Morgan fingerprint density at radius 1 is 1.40 bits per heavy atom. The zero-order chi connectivity index (χ0) is 17.0. The van der Waals surface area contributed by atoms with Gasteiger partial charge in [-0.3, -0.25) is 10.1 Å². The largest absolute Gasteiger partial charge is 0.368 e. The number of halogens is 2. The first-order valence-corrected chi connectivity index (χ1v) is 8.95. The summed E-state index contributed by atoms with van der Waals surface area (Å²) in [5.41, 5.74) is 0.271. The normalized spacial score (nSPS) is 16.1. The molecule has 0 saturated carbocycles. The molecular formula is C16H20Cl2N4O2S. The van der Waals surface area contributed by atoms with E-state index < -0.39 is 5.60 Å². The first-order chi connectivity index (χ1) is 11.6. The lowest BCUT2D eigenvalue weighted by atomic mass is 9.91. The van der Waals surface area contributed by atoms with Crippen molar-refractivity contribution in [2.45, 2.75) is 24.9 Å². The van der Waals surface area contributed by atoms with Crippen molar-refractivity contribution in [3.63, 3.8) is 0 Å². The molecular weight excluding hydrogens is 383 g/mol. The van der Waals surface area contributed by atoms with Crippen LogP contribution < -0.4 is 10.6 Å². The van der Waals surface area contributed by atoms with Gasteiger partial charge in [-0.15, -0.1) is 22.6 Å². The molecule has 0 spiro atoms. The fourth-order valence-electron chi connectivity index (χ4n) is 2.76. The summed E-state index contributed by atoms with van der Waals surface area (Å²) in [6.07, 6.45) is 1.92. The van der Waals surface area contributed by atoms with Gasteiger partial charge >= 0.3 is 0 Å². The number of amides is 1. The molecule has 0 aliphatic carbocycles. The van der Waals surface area contributed by atoms with E-state index in [1.807, 2.05) is 24.3 Å². The van der Waals surface area contributed by atoms with Crippen molar-refractivity contribution in [2.75, 3.05) is 25.5 Å². The van der Waals surface area contributed by atoms with Gasteiger partial charge in [0.2, 0.25) is 5.13 Å². The lowest BCUT2D eigenvalue weighted by Crippen LogP contribution is -2.51. The van der Waals surface area contributed by atoms with Crippen LogP contribution in [0.25, 0.3) is 0 Å². The number of ether oxygens (including phenoxy) is 1. The van der Waals surface area contributed by atoms with Crippen LogP contribution in [0, 0.1) is 0 Å². The van der Waals surface area contributed by atoms with E-state index in [1.165, 1.54) is 11.3 Å². The third-order valence-electron chi connectivity index (χ3n) is 4.15. The van der Waals surface area contributed by atoms with Gasteiger partial charge in [-0.1, -0.05) is 35.1 Å². The van der Waals surface area contributed by atoms with Crippen LogP contribution in [0.2, 0.25) is 5.02 Å². The summed E-state index contributed by atoms with van der Waals surface area (Å²) < 4.78 is 5.52. The first-order valence-electron chi connectivity index (χ1n) is 7.75. The summed E-state index contributed by atoms with van der Waals surface area (Å²) >= 11 is 7.36. The lowest BCUT2D eigenvalue weighted by molar-refractivity contribution is -0.140. The van der Waals surface area contributed by atoms with E-state index in [4.69, 9.17) is 16.3 Å². The second-order valence-electron chi connectivity index (χ2n) is 5.71. The van der Waals surface area contributed by atoms with E-state index in [0.29, 0.717) is 29.4 Å². The van der Waals surface area contributed by atoms with Gasteiger partial charge in [0, 0.05) is 18.6 Å². The van der Waals surface area contributed by atoms with Crippen molar-refractivity contribution >= 4 is 46.4 Å². The highest BCUT2D eigenvalue weighted by Crippen LogP contribution is 2.26. The third kappa shape index (κ3) is 4.89. The number of methoxy groups -OCH3 is 1. The molecule has 1 aliphatic rings. The number of piperidine rings is 1. The molecule has 1 fully saturated rings. The number of carbonyl (C=O) groups is 1. The summed E-state index contributed by atoms with van der Waals surface area (Å²) in [4.78, 5) is 12.6. The minimum atomic E-state index is -0.788. The van der Waals surface area contributed by atoms with Crippen LogP contribution in [0.4, 0.5) is 5.13 Å². The van der Waals surface area contributed by atoms with E-state index in [2.05, 4.69) is 20.8 Å². The van der Waals surface area contributed by atoms with Crippen molar-refractivity contribution in [3.8, 4) is 0 Å². The summed E-state index contributed by atoms with van der Waals surface area (Å²) in [6.45, 7) is 1.52. The fraction of sp³-hybridized carbons (Fsp3) is 0.438. The van der Waals surface area contributed by atoms with Crippen LogP contribution >= 0.6 is 35.3 Å². The molecule has 2 aromatic rings. The zero-order valence-corrected chi connectivity index (χ0v) is 16.1. The van der Waals surface area contributed by atoms with Crippen molar-refractivity contribution < 1.29 is 9.53 Å². The van der Waals surface area contributed by atoms with E-state index in [0.717, 1.165) is 23.7 Å². The van der Waals surface area contributed by atoms with Crippen molar-refractivity contribution in [1.82, 2.24) is 15.5 Å². The number of carbonyl (C=O) groups excluding carboxylic acids is 1. The van der Waals surface area contributed by atoms with Gasteiger partial charge in [0.05, 0.1) is 0 Å². The highest BCUT2D eigenvalue weighted by atomic mass is 35.5. The van der Waals surface area contributed by atoms with E-state index in [1.54, 1.807) is 7.11 Å². The monoisotopic (exact) mass is 402 g/mol. The number of benzene rings is 1. The Morgan fingerprint density at radius 2 is 2.16 bits per heavy atom. The van der Waals surface area contributed by atoms with Gasteiger partial charge in [0.25, 0.3) is 5.91 Å². The molecule has 2 heterocycles. The van der Waals surface area contributed by atoms with Crippen molar-refractivity contribution in [3.05, 3.63) is 39.9 Å². The summed E-state index contributed by atoms with van der Waals surface area (Å²) in [6, 6.07) is 7.62. The van der Waals surface area contributed by atoms with Gasteiger partial charge in [0.15, 0.2) is 0 Å². The van der Waals surface area contributed by atoms with Crippen LogP contribution in [0.15, 0.2) is 24.3 Å². The molecule has 1 amide bonds.